The minimum atomic E-state index is -0.495. The molecule has 1 amide bonds. The number of nitrogens with two attached hydrogens (primary N) is 1. The molecule has 1 aromatic carbocycles. The highest BCUT2D eigenvalue weighted by Crippen LogP contribution is 2.18. The zero-order chi connectivity index (χ0) is 13.8. The van der Waals surface area contributed by atoms with E-state index in [1.54, 1.807) is 24.3 Å². The van der Waals surface area contributed by atoms with Gasteiger partial charge in [-0.3, -0.25) is 4.79 Å². The molecule has 0 spiro atoms. The summed E-state index contributed by atoms with van der Waals surface area (Å²) in [6, 6.07) is 7.63. The number of hydrogen-bond donors (Lipinski definition) is 3. The summed E-state index contributed by atoms with van der Waals surface area (Å²) < 4.78 is 13.6. The molecule has 5 nitrogen and oxygen atoms in total. The number of nitrogens with one attached hydrogen (secondary N) is 2. The zero-order valence-electron chi connectivity index (χ0n) is 10.3. The Labute approximate surface area is 109 Å². The third-order valence-electron chi connectivity index (χ3n) is 2.56. The lowest BCUT2D eigenvalue weighted by molar-refractivity contribution is 0.102. The van der Waals surface area contributed by atoms with Crippen molar-refractivity contribution < 1.29 is 9.18 Å². The molecule has 19 heavy (non-hydrogen) atoms. The number of nitrogen functional groups attached to an aromatic ring is 1. The van der Waals surface area contributed by atoms with E-state index in [0.717, 1.165) is 5.56 Å². The highest BCUT2D eigenvalue weighted by Gasteiger charge is 2.13. The predicted molar refractivity (Wildman–Crippen MR) is 71.1 cm³/mol. The number of benzene rings is 1. The number of amides is 1. The summed E-state index contributed by atoms with van der Waals surface area (Å²) in [4.78, 5) is 16.0. The second kappa shape index (κ2) is 5.45. The van der Waals surface area contributed by atoms with Gasteiger partial charge in [0.2, 0.25) is 0 Å². The highest BCUT2D eigenvalue weighted by atomic mass is 19.1. The van der Waals surface area contributed by atoms with E-state index in [0.29, 0.717) is 0 Å². The van der Waals surface area contributed by atoms with Gasteiger partial charge < -0.3 is 10.7 Å². The van der Waals surface area contributed by atoms with E-state index in [-0.39, 0.29) is 17.1 Å². The van der Waals surface area contributed by atoms with E-state index < -0.39 is 11.7 Å². The first-order valence-electron chi connectivity index (χ1n) is 5.61. The summed E-state index contributed by atoms with van der Waals surface area (Å²) in [5.74, 6) is 4.52. The Bertz CT molecular complexity index is 615. The van der Waals surface area contributed by atoms with Crippen LogP contribution >= 0.6 is 0 Å². The molecule has 0 aliphatic rings. The lowest BCUT2D eigenvalue weighted by atomic mass is 10.2. The molecular weight excluding hydrogens is 247 g/mol. The van der Waals surface area contributed by atoms with Crippen molar-refractivity contribution >= 4 is 17.4 Å². The van der Waals surface area contributed by atoms with Crippen molar-refractivity contribution in [1.29, 1.82) is 0 Å². The van der Waals surface area contributed by atoms with Gasteiger partial charge in [-0.2, -0.15) is 0 Å². The van der Waals surface area contributed by atoms with Gasteiger partial charge in [-0.1, -0.05) is 6.07 Å². The molecule has 0 atom stereocenters. The molecule has 6 heteroatoms. The van der Waals surface area contributed by atoms with Crippen molar-refractivity contribution in [2.45, 2.75) is 6.92 Å². The number of hydrazine groups is 1. The van der Waals surface area contributed by atoms with Crippen LogP contribution in [0.5, 0.6) is 0 Å². The van der Waals surface area contributed by atoms with E-state index in [1.165, 1.54) is 12.3 Å². The Morgan fingerprint density at radius 3 is 2.89 bits per heavy atom. The standard InChI is InChI=1S/C13H13FN4O/c1-8-4-5-10(14)11(7-8)17-13(19)9-3-2-6-16-12(9)18-15/h2-7H,15H2,1H3,(H,16,18)(H,17,19). The average Bonchev–Trinajstić information content (AvgIpc) is 2.42. The van der Waals surface area contributed by atoms with Gasteiger partial charge in [0.25, 0.3) is 5.91 Å². The van der Waals surface area contributed by atoms with E-state index in [2.05, 4.69) is 15.7 Å². The van der Waals surface area contributed by atoms with Gasteiger partial charge in [0.1, 0.15) is 5.82 Å². The molecule has 0 saturated heterocycles. The topological polar surface area (TPSA) is 80.0 Å². The summed E-state index contributed by atoms with van der Waals surface area (Å²) in [6.07, 6.45) is 1.50. The van der Waals surface area contributed by atoms with Crippen molar-refractivity contribution in [3.8, 4) is 0 Å². The molecule has 0 bridgehead atoms. The summed E-state index contributed by atoms with van der Waals surface area (Å²) in [5.41, 5.74) is 3.53. The number of hydrogen-bond acceptors (Lipinski definition) is 4. The average molecular weight is 260 g/mol. The molecular formula is C13H13FN4O. The molecule has 1 heterocycles. The fraction of sp³-hybridized carbons (Fsp3) is 0.0769. The SMILES string of the molecule is Cc1ccc(F)c(NC(=O)c2cccnc2NN)c1. The number of anilines is 2. The van der Waals surface area contributed by atoms with Crippen LogP contribution in [-0.4, -0.2) is 10.9 Å². The number of carbonyl (C=O) groups is 1. The Kier molecular flexibility index (Phi) is 3.72. The number of nitrogens with zero attached hydrogens (tertiary/aromatic N) is 1. The van der Waals surface area contributed by atoms with Crippen molar-refractivity contribution in [1.82, 2.24) is 4.98 Å². The summed E-state index contributed by atoms with van der Waals surface area (Å²) in [5, 5.41) is 2.49. The van der Waals surface area contributed by atoms with E-state index in [1.807, 2.05) is 6.92 Å². The molecule has 0 radical (unpaired) electrons. The molecule has 0 aliphatic heterocycles. The third-order valence-corrected chi connectivity index (χ3v) is 2.56. The Hall–Kier alpha value is -2.47. The van der Waals surface area contributed by atoms with E-state index in [9.17, 15) is 9.18 Å². The van der Waals surface area contributed by atoms with Crippen LogP contribution in [0.15, 0.2) is 36.5 Å². The second-order valence-corrected chi connectivity index (χ2v) is 3.98. The first kappa shape index (κ1) is 13.0. The lowest BCUT2D eigenvalue weighted by Crippen LogP contribution is -2.18. The van der Waals surface area contributed by atoms with Crippen LogP contribution < -0.4 is 16.6 Å². The summed E-state index contributed by atoms with van der Waals surface area (Å²) in [7, 11) is 0. The van der Waals surface area contributed by atoms with Crippen molar-refractivity contribution in [3.05, 3.63) is 53.5 Å². The molecule has 2 aromatic rings. The van der Waals surface area contributed by atoms with Crippen molar-refractivity contribution in [3.63, 3.8) is 0 Å². The number of halogens is 1. The van der Waals surface area contributed by atoms with Gasteiger partial charge in [0.05, 0.1) is 11.3 Å². The fourth-order valence-corrected chi connectivity index (χ4v) is 1.63. The van der Waals surface area contributed by atoms with Gasteiger partial charge in [0.15, 0.2) is 5.82 Å². The second-order valence-electron chi connectivity index (χ2n) is 3.98. The molecule has 0 aliphatic carbocycles. The smallest absolute Gasteiger partial charge is 0.259 e. The van der Waals surface area contributed by atoms with Crippen LogP contribution in [0, 0.1) is 12.7 Å². The highest BCUT2D eigenvalue weighted by molar-refractivity contribution is 6.07. The maximum absolute atomic E-state index is 13.6. The predicted octanol–water partition coefficient (Wildman–Crippen LogP) is 2.07. The largest absolute Gasteiger partial charge is 0.319 e. The zero-order valence-corrected chi connectivity index (χ0v) is 10.3. The Morgan fingerprint density at radius 1 is 1.37 bits per heavy atom. The van der Waals surface area contributed by atoms with Crippen molar-refractivity contribution in [2.24, 2.45) is 5.84 Å². The minimum absolute atomic E-state index is 0.122. The van der Waals surface area contributed by atoms with Gasteiger partial charge >= 0.3 is 0 Å². The number of pyridine rings is 1. The minimum Gasteiger partial charge on any atom is -0.319 e. The van der Waals surface area contributed by atoms with Crippen LogP contribution in [0.3, 0.4) is 0 Å². The number of aromatic nitrogens is 1. The molecule has 1 aromatic heterocycles. The number of carbonyl (C=O) groups excluding carboxylic acids is 1. The van der Waals surface area contributed by atoms with E-state index in [4.69, 9.17) is 5.84 Å². The number of rotatable bonds is 3. The normalized spacial score (nSPS) is 10.1. The van der Waals surface area contributed by atoms with Gasteiger partial charge in [-0.25, -0.2) is 15.2 Å². The molecule has 0 unspecified atom stereocenters. The fourth-order valence-electron chi connectivity index (χ4n) is 1.63. The van der Waals surface area contributed by atoms with Gasteiger partial charge in [0, 0.05) is 6.20 Å². The van der Waals surface area contributed by atoms with Gasteiger partial charge in [-0.05, 0) is 36.8 Å². The van der Waals surface area contributed by atoms with Gasteiger partial charge in [-0.15, -0.1) is 0 Å². The lowest BCUT2D eigenvalue weighted by Gasteiger charge is -2.09. The summed E-state index contributed by atoms with van der Waals surface area (Å²) >= 11 is 0. The Morgan fingerprint density at radius 2 is 2.16 bits per heavy atom. The van der Waals surface area contributed by atoms with Crippen LogP contribution in [0.25, 0.3) is 0 Å². The summed E-state index contributed by atoms with van der Waals surface area (Å²) in [6.45, 7) is 1.81. The van der Waals surface area contributed by atoms with Crippen LogP contribution in [0.4, 0.5) is 15.9 Å². The first-order chi connectivity index (χ1) is 9.11. The van der Waals surface area contributed by atoms with Crippen LogP contribution in [0.1, 0.15) is 15.9 Å². The maximum Gasteiger partial charge on any atom is 0.259 e. The van der Waals surface area contributed by atoms with Crippen molar-refractivity contribution in [2.75, 3.05) is 10.7 Å². The first-order valence-corrected chi connectivity index (χ1v) is 5.61. The van der Waals surface area contributed by atoms with Crippen LogP contribution in [0.2, 0.25) is 0 Å². The molecule has 4 N–H and O–H groups in total. The maximum atomic E-state index is 13.6. The molecule has 2 rings (SSSR count). The monoisotopic (exact) mass is 260 g/mol. The molecule has 0 saturated carbocycles. The molecule has 98 valence electrons. The van der Waals surface area contributed by atoms with E-state index >= 15 is 0 Å². The Balaban J connectivity index is 2.28. The third kappa shape index (κ3) is 2.86. The quantitative estimate of drug-likeness (QED) is 0.583. The molecule has 0 fully saturated rings. The number of aryl methyl sites for hydroxylation is 1. The van der Waals surface area contributed by atoms with Crippen LogP contribution in [-0.2, 0) is 0 Å².